The van der Waals surface area contributed by atoms with Gasteiger partial charge in [0.05, 0.1) is 6.07 Å². The minimum absolute atomic E-state index is 0.139. The monoisotopic (exact) mass is 183 g/mol. The van der Waals surface area contributed by atoms with Gasteiger partial charge in [-0.1, -0.05) is 0 Å². The van der Waals surface area contributed by atoms with Crippen molar-refractivity contribution in [3.05, 3.63) is 0 Å². The van der Waals surface area contributed by atoms with E-state index in [4.69, 9.17) is 11.0 Å². The molecular formula is C9H17N3O. The Morgan fingerprint density at radius 2 is 2.31 bits per heavy atom. The first-order valence-corrected chi connectivity index (χ1v) is 4.55. The number of nitrogens with one attached hydrogen (secondary N) is 1. The van der Waals surface area contributed by atoms with Crippen LogP contribution in [0, 0.1) is 11.3 Å². The number of unbranched alkanes of at least 4 members (excludes halogenated alkanes) is 2. The van der Waals surface area contributed by atoms with E-state index >= 15 is 0 Å². The second-order valence-electron chi connectivity index (χ2n) is 3.14. The molecule has 0 aromatic rings. The van der Waals surface area contributed by atoms with Crippen molar-refractivity contribution in [1.82, 2.24) is 5.32 Å². The number of primary amides is 1. The van der Waals surface area contributed by atoms with Crippen molar-refractivity contribution in [2.45, 2.75) is 38.6 Å². The third-order valence-electron chi connectivity index (χ3n) is 1.72. The van der Waals surface area contributed by atoms with Crippen molar-refractivity contribution in [3.63, 3.8) is 0 Å². The van der Waals surface area contributed by atoms with Crippen LogP contribution < -0.4 is 11.1 Å². The number of nitriles is 1. The maximum absolute atomic E-state index is 10.5. The fourth-order valence-electron chi connectivity index (χ4n) is 1.05. The van der Waals surface area contributed by atoms with Crippen LogP contribution in [0.15, 0.2) is 0 Å². The van der Waals surface area contributed by atoms with Gasteiger partial charge in [-0.2, -0.15) is 5.26 Å². The standard InChI is InChI=1S/C9H17N3O/c1-8(7-9(11)13)12-6-4-2-3-5-10/h8,12H,2-4,6-7H2,1H3,(H2,11,13). The van der Waals surface area contributed by atoms with Crippen molar-refractivity contribution >= 4 is 5.91 Å². The summed E-state index contributed by atoms with van der Waals surface area (Å²) in [6.45, 7) is 2.77. The molecule has 74 valence electrons. The van der Waals surface area contributed by atoms with Gasteiger partial charge in [0.25, 0.3) is 0 Å². The number of hydrogen-bond donors (Lipinski definition) is 2. The molecule has 0 rings (SSSR count). The first-order chi connectivity index (χ1) is 6.16. The molecule has 0 aliphatic carbocycles. The molecule has 1 atom stereocenters. The van der Waals surface area contributed by atoms with Crippen molar-refractivity contribution in [2.24, 2.45) is 5.73 Å². The number of nitrogens with two attached hydrogens (primary N) is 1. The molecule has 0 aliphatic heterocycles. The first kappa shape index (κ1) is 11.9. The molecule has 0 bridgehead atoms. The lowest BCUT2D eigenvalue weighted by atomic mass is 10.2. The van der Waals surface area contributed by atoms with Gasteiger partial charge in [-0.15, -0.1) is 0 Å². The van der Waals surface area contributed by atoms with Crippen LogP contribution in [-0.2, 0) is 4.79 Å². The summed E-state index contributed by atoms with van der Waals surface area (Å²) in [5, 5.41) is 11.4. The quantitative estimate of drug-likeness (QED) is 0.565. The van der Waals surface area contributed by atoms with E-state index < -0.39 is 0 Å². The van der Waals surface area contributed by atoms with Gasteiger partial charge in [0.1, 0.15) is 0 Å². The Morgan fingerprint density at radius 1 is 1.62 bits per heavy atom. The molecule has 1 unspecified atom stereocenters. The van der Waals surface area contributed by atoms with Crippen molar-refractivity contribution < 1.29 is 4.79 Å². The van der Waals surface area contributed by atoms with Gasteiger partial charge in [-0.05, 0) is 26.3 Å². The molecule has 0 saturated carbocycles. The van der Waals surface area contributed by atoms with Gasteiger partial charge in [0, 0.05) is 18.9 Å². The number of amides is 1. The lowest BCUT2D eigenvalue weighted by Gasteiger charge is -2.10. The smallest absolute Gasteiger partial charge is 0.218 e. The van der Waals surface area contributed by atoms with Crippen molar-refractivity contribution in [3.8, 4) is 6.07 Å². The second kappa shape index (κ2) is 7.56. The molecule has 0 fully saturated rings. The Morgan fingerprint density at radius 3 is 2.85 bits per heavy atom. The Balaban J connectivity index is 3.22. The van der Waals surface area contributed by atoms with Gasteiger partial charge in [0.15, 0.2) is 0 Å². The minimum Gasteiger partial charge on any atom is -0.370 e. The Labute approximate surface area is 79.1 Å². The average molecular weight is 183 g/mol. The van der Waals surface area contributed by atoms with E-state index in [1.807, 2.05) is 6.92 Å². The molecule has 0 heterocycles. The lowest BCUT2D eigenvalue weighted by Crippen LogP contribution is -2.31. The highest BCUT2D eigenvalue weighted by molar-refractivity contribution is 5.74. The SMILES string of the molecule is CC(CC(N)=O)NCCCCC#N. The predicted octanol–water partition coefficient (Wildman–Crippen LogP) is 0.534. The third-order valence-corrected chi connectivity index (χ3v) is 1.72. The normalized spacial score (nSPS) is 12.0. The highest BCUT2D eigenvalue weighted by Crippen LogP contribution is 1.94. The Bertz CT molecular complexity index is 186. The molecule has 0 radical (unpaired) electrons. The topological polar surface area (TPSA) is 78.9 Å². The zero-order valence-electron chi connectivity index (χ0n) is 8.05. The Hall–Kier alpha value is -1.08. The van der Waals surface area contributed by atoms with Gasteiger partial charge in [-0.3, -0.25) is 4.79 Å². The van der Waals surface area contributed by atoms with Crippen LogP contribution in [0.4, 0.5) is 0 Å². The van der Waals surface area contributed by atoms with Gasteiger partial charge < -0.3 is 11.1 Å². The van der Waals surface area contributed by atoms with E-state index in [1.165, 1.54) is 0 Å². The molecule has 4 heteroatoms. The average Bonchev–Trinajstić information content (AvgIpc) is 2.02. The molecule has 1 amide bonds. The fourth-order valence-corrected chi connectivity index (χ4v) is 1.05. The zero-order chi connectivity index (χ0) is 10.1. The summed E-state index contributed by atoms with van der Waals surface area (Å²) in [4.78, 5) is 10.5. The van der Waals surface area contributed by atoms with Crippen LogP contribution in [-0.4, -0.2) is 18.5 Å². The van der Waals surface area contributed by atoms with E-state index in [9.17, 15) is 4.79 Å². The van der Waals surface area contributed by atoms with E-state index in [-0.39, 0.29) is 11.9 Å². The largest absolute Gasteiger partial charge is 0.370 e. The molecule has 0 aliphatic rings. The van der Waals surface area contributed by atoms with E-state index in [2.05, 4.69) is 11.4 Å². The lowest BCUT2D eigenvalue weighted by molar-refractivity contribution is -0.118. The summed E-state index contributed by atoms with van der Waals surface area (Å²) in [7, 11) is 0. The summed E-state index contributed by atoms with van der Waals surface area (Å²) >= 11 is 0. The molecule has 0 spiro atoms. The maximum atomic E-state index is 10.5. The Kier molecular flexibility index (Phi) is 6.93. The summed E-state index contributed by atoms with van der Waals surface area (Å²) in [5.41, 5.74) is 5.02. The van der Waals surface area contributed by atoms with Crippen LogP contribution in [0.1, 0.15) is 32.6 Å². The van der Waals surface area contributed by atoms with Crippen LogP contribution in [0.2, 0.25) is 0 Å². The molecular weight excluding hydrogens is 166 g/mol. The molecule has 0 aromatic heterocycles. The van der Waals surface area contributed by atoms with E-state index in [1.54, 1.807) is 0 Å². The third kappa shape index (κ3) is 8.83. The number of rotatable bonds is 7. The summed E-state index contributed by atoms with van der Waals surface area (Å²) in [6, 6.07) is 2.22. The van der Waals surface area contributed by atoms with Gasteiger partial charge in [0.2, 0.25) is 5.91 Å². The van der Waals surface area contributed by atoms with Crippen LogP contribution >= 0.6 is 0 Å². The van der Waals surface area contributed by atoms with Crippen LogP contribution in [0.3, 0.4) is 0 Å². The van der Waals surface area contributed by atoms with Gasteiger partial charge >= 0.3 is 0 Å². The summed E-state index contributed by atoms with van der Waals surface area (Å²) < 4.78 is 0. The fraction of sp³-hybridized carbons (Fsp3) is 0.778. The van der Waals surface area contributed by atoms with Crippen LogP contribution in [0.5, 0.6) is 0 Å². The van der Waals surface area contributed by atoms with E-state index in [0.29, 0.717) is 12.8 Å². The zero-order valence-corrected chi connectivity index (χ0v) is 8.05. The minimum atomic E-state index is -0.281. The molecule has 13 heavy (non-hydrogen) atoms. The molecule has 0 aromatic carbocycles. The number of hydrogen-bond acceptors (Lipinski definition) is 3. The van der Waals surface area contributed by atoms with Gasteiger partial charge in [-0.25, -0.2) is 0 Å². The first-order valence-electron chi connectivity index (χ1n) is 4.55. The number of carbonyl (C=O) groups excluding carboxylic acids is 1. The predicted molar refractivity (Wildman–Crippen MR) is 50.7 cm³/mol. The van der Waals surface area contributed by atoms with Crippen molar-refractivity contribution in [2.75, 3.05) is 6.54 Å². The van der Waals surface area contributed by atoms with Crippen LogP contribution in [0.25, 0.3) is 0 Å². The summed E-state index contributed by atoms with van der Waals surface area (Å²) in [6.07, 6.45) is 2.85. The number of carbonyl (C=O) groups is 1. The van der Waals surface area contributed by atoms with E-state index in [0.717, 1.165) is 19.4 Å². The second-order valence-corrected chi connectivity index (χ2v) is 3.14. The highest BCUT2D eigenvalue weighted by atomic mass is 16.1. The molecule has 0 saturated heterocycles. The molecule has 4 nitrogen and oxygen atoms in total. The number of nitrogens with zero attached hydrogens (tertiary/aromatic N) is 1. The maximum Gasteiger partial charge on any atom is 0.218 e. The summed E-state index contributed by atoms with van der Waals surface area (Å²) in [5.74, 6) is -0.281. The highest BCUT2D eigenvalue weighted by Gasteiger charge is 2.03. The van der Waals surface area contributed by atoms with Crippen molar-refractivity contribution in [1.29, 1.82) is 5.26 Å². The molecule has 3 N–H and O–H groups in total.